The maximum Gasteiger partial charge on any atom is 0.127 e. The lowest BCUT2D eigenvalue weighted by atomic mass is 9.80. The maximum atomic E-state index is 6.85. The van der Waals surface area contributed by atoms with Crippen LogP contribution in [0.4, 0.5) is 5.69 Å². The molecule has 4 nitrogen and oxygen atoms in total. The van der Waals surface area contributed by atoms with Gasteiger partial charge in [0, 0.05) is 30.1 Å². The van der Waals surface area contributed by atoms with Crippen molar-refractivity contribution < 1.29 is 4.74 Å². The minimum Gasteiger partial charge on any atom is -0.487 e. The first kappa shape index (κ1) is 30.3. The summed E-state index contributed by atoms with van der Waals surface area (Å²) in [7, 11) is 0. The number of nitrogens with two attached hydrogens (primary N) is 1. The van der Waals surface area contributed by atoms with Crippen molar-refractivity contribution in [2.75, 3.05) is 18.8 Å². The number of piperidine rings is 1. The molecule has 1 fully saturated rings. The van der Waals surface area contributed by atoms with Crippen molar-refractivity contribution in [2.45, 2.75) is 71.1 Å². The molecule has 0 spiro atoms. The molecule has 5 rings (SSSR count). The number of nitrogen functional groups attached to an aromatic ring is 1. The highest BCUT2D eigenvalue weighted by molar-refractivity contribution is 5.85. The fourth-order valence-corrected chi connectivity index (χ4v) is 6.30. The Labute approximate surface area is 241 Å². The number of anilines is 1. The van der Waals surface area contributed by atoms with Crippen LogP contribution in [0, 0.1) is 26.7 Å². The Bertz CT molecular complexity index is 1120. The molecule has 3 aromatic rings. The fourth-order valence-electron chi connectivity index (χ4n) is 6.30. The molecule has 0 saturated carbocycles. The quantitative estimate of drug-likeness (QED) is 0.278. The van der Waals surface area contributed by atoms with Gasteiger partial charge in [-0.05, 0) is 87.4 Å². The average Bonchev–Trinajstić information content (AvgIpc) is 3.27. The standard InChI is InChI=1S/C32H41N3O.2ClH/c1-21-22(2)31-27(23(3)29(21)33)19-32(4,36-31)20-28(24-15-17-34-18-16-24)35-30(25-11-7-5-8-12-25)26-13-9-6-10-14-26;;/h5-14,24,28,30,34-35H,15-20,33H2,1-4H3;2*1H. The van der Waals surface area contributed by atoms with Crippen molar-refractivity contribution in [3.05, 3.63) is 94.0 Å². The second-order valence-corrected chi connectivity index (χ2v) is 11.1. The van der Waals surface area contributed by atoms with Gasteiger partial charge in [-0.15, -0.1) is 24.8 Å². The van der Waals surface area contributed by atoms with Crippen molar-refractivity contribution in [1.29, 1.82) is 0 Å². The molecule has 2 aliphatic heterocycles. The molecular weight excluding hydrogens is 513 g/mol. The molecule has 206 valence electrons. The van der Waals surface area contributed by atoms with Gasteiger partial charge in [0.1, 0.15) is 11.4 Å². The lowest BCUT2D eigenvalue weighted by Gasteiger charge is -2.39. The van der Waals surface area contributed by atoms with Crippen LogP contribution in [-0.2, 0) is 6.42 Å². The summed E-state index contributed by atoms with van der Waals surface area (Å²) in [4.78, 5) is 0. The molecule has 2 atom stereocenters. The molecule has 0 amide bonds. The molecule has 2 heterocycles. The van der Waals surface area contributed by atoms with Crippen LogP contribution in [-0.4, -0.2) is 24.7 Å². The molecule has 0 bridgehead atoms. The van der Waals surface area contributed by atoms with E-state index in [2.05, 4.69) is 99.0 Å². The van der Waals surface area contributed by atoms with Gasteiger partial charge in [-0.2, -0.15) is 0 Å². The van der Waals surface area contributed by atoms with E-state index in [1.54, 1.807) is 0 Å². The summed E-state index contributed by atoms with van der Waals surface area (Å²) in [6.45, 7) is 10.9. The topological polar surface area (TPSA) is 59.3 Å². The van der Waals surface area contributed by atoms with Crippen molar-refractivity contribution in [3.63, 3.8) is 0 Å². The first-order valence-electron chi connectivity index (χ1n) is 13.5. The number of halogens is 2. The van der Waals surface area contributed by atoms with Gasteiger partial charge >= 0.3 is 0 Å². The number of hydrogen-bond acceptors (Lipinski definition) is 4. The number of benzene rings is 3. The molecule has 38 heavy (non-hydrogen) atoms. The van der Waals surface area contributed by atoms with Crippen molar-refractivity contribution in [2.24, 2.45) is 5.92 Å². The van der Waals surface area contributed by atoms with Crippen LogP contribution in [0.25, 0.3) is 0 Å². The Hall–Kier alpha value is -2.24. The van der Waals surface area contributed by atoms with Crippen LogP contribution in [0.1, 0.15) is 65.6 Å². The SMILES string of the molecule is Cc1c(C)c2c(c(C)c1N)CC(C)(CC(NC(c1ccccc1)c1ccccc1)C1CCNCC1)O2.Cl.Cl. The molecule has 2 unspecified atom stereocenters. The second kappa shape index (κ2) is 12.7. The average molecular weight is 557 g/mol. The summed E-state index contributed by atoms with van der Waals surface area (Å²) in [6, 6.07) is 22.2. The summed E-state index contributed by atoms with van der Waals surface area (Å²) in [5.74, 6) is 1.66. The third kappa shape index (κ3) is 6.15. The maximum absolute atomic E-state index is 6.85. The van der Waals surface area contributed by atoms with Gasteiger partial charge in [0.25, 0.3) is 0 Å². The summed E-state index contributed by atoms with van der Waals surface area (Å²) in [5.41, 5.74) is 14.6. The van der Waals surface area contributed by atoms with Crippen molar-refractivity contribution >= 4 is 30.5 Å². The van der Waals surface area contributed by atoms with E-state index in [1.807, 2.05) is 0 Å². The van der Waals surface area contributed by atoms with Crippen LogP contribution in [0.5, 0.6) is 5.75 Å². The first-order valence-corrected chi connectivity index (χ1v) is 13.5. The number of ether oxygens (including phenoxy) is 1. The normalized spacial score (nSPS) is 19.7. The fraction of sp³-hybridized carbons (Fsp3) is 0.438. The minimum absolute atomic E-state index is 0. The van der Waals surface area contributed by atoms with Gasteiger partial charge in [-0.25, -0.2) is 0 Å². The molecule has 0 aromatic heterocycles. The Kier molecular flexibility index (Phi) is 10.2. The molecular formula is C32H43Cl2N3O. The zero-order chi connectivity index (χ0) is 25.3. The predicted molar refractivity (Wildman–Crippen MR) is 164 cm³/mol. The van der Waals surface area contributed by atoms with E-state index in [1.165, 1.54) is 40.7 Å². The van der Waals surface area contributed by atoms with E-state index in [-0.39, 0.29) is 36.5 Å². The Morgan fingerprint density at radius 2 is 1.45 bits per heavy atom. The van der Waals surface area contributed by atoms with E-state index in [0.29, 0.717) is 12.0 Å². The number of fused-ring (bicyclic) bond motifs is 1. The van der Waals surface area contributed by atoms with Gasteiger partial charge in [0.15, 0.2) is 0 Å². The summed E-state index contributed by atoms with van der Waals surface area (Å²) < 4.78 is 6.85. The zero-order valence-corrected chi connectivity index (χ0v) is 24.7. The summed E-state index contributed by atoms with van der Waals surface area (Å²) in [6.07, 6.45) is 4.23. The van der Waals surface area contributed by atoms with Crippen LogP contribution >= 0.6 is 24.8 Å². The largest absolute Gasteiger partial charge is 0.487 e. The third-order valence-corrected chi connectivity index (χ3v) is 8.59. The molecule has 4 N–H and O–H groups in total. The van der Waals surface area contributed by atoms with Gasteiger partial charge in [0.2, 0.25) is 0 Å². The molecule has 2 aliphatic rings. The van der Waals surface area contributed by atoms with Crippen molar-refractivity contribution in [1.82, 2.24) is 10.6 Å². The highest BCUT2D eigenvalue weighted by Gasteiger charge is 2.42. The molecule has 0 aliphatic carbocycles. The third-order valence-electron chi connectivity index (χ3n) is 8.59. The Morgan fingerprint density at radius 1 is 0.895 bits per heavy atom. The monoisotopic (exact) mass is 555 g/mol. The second-order valence-electron chi connectivity index (χ2n) is 11.1. The van der Waals surface area contributed by atoms with E-state index < -0.39 is 0 Å². The van der Waals surface area contributed by atoms with Crippen LogP contribution in [0.15, 0.2) is 60.7 Å². The van der Waals surface area contributed by atoms with Crippen LogP contribution in [0.2, 0.25) is 0 Å². The zero-order valence-electron chi connectivity index (χ0n) is 23.1. The molecule has 0 radical (unpaired) electrons. The van der Waals surface area contributed by atoms with Gasteiger partial charge < -0.3 is 21.1 Å². The number of rotatable bonds is 7. The lowest BCUT2D eigenvalue weighted by molar-refractivity contribution is 0.0739. The van der Waals surface area contributed by atoms with Gasteiger partial charge in [-0.1, -0.05) is 60.7 Å². The Morgan fingerprint density at radius 3 is 2.00 bits per heavy atom. The smallest absolute Gasteiger partial charge is 0.127 e. The highest BCUT2D eigenvalue weighted by atomic mass is 35.5. The number of nitrogens with one attached hydrogen (secondary N) is 2. The number of hydrogen-bond donors (Lipinski definition) is 3. The van der Waals surface area contributed by atoms with Crippen molar-refractivity contribution in [3.8, 4) is 5.75 Å². The molecule has 6 heteroatoms. The van der Waals surface area contributed by atoms with Crippen LogP contribution < -0.4 is 21.1 Å². The lowest BCUT2D eigenvalue weighted by Crippen LogP contribution is -2.48. The van der Waals surface area contributed by atoms with Crippen LogP contribution in [0.3, 0.4) is 0 Å². The molecule has 1 saturated heterocycles. The van der Waals surface area contributed by atoms with E-state index in [0.717, 1.165) is 42.9 Å². The highest BCUT2D eigenvalue weighted by Crippen LogP contribution is 2.46. The first-order chi connectivity index (χ1) is 17.4. The minimum atomic E-state index is -0.265. The van der Waals surface area contributed by atoms with E-state index in [4.69, 9.17) is 10.5 Å². The molecule has 3 aromatic carbocycles. The Balaban J connectivity index is 0.00000200. The van der Waals surface area contributed by atoms with E-state index in [9.17, 15) is 0 Å². The summed E-state index contributed by atoms with van der Waals surface area (Å²) >= 11 is 0. The predicted octanol–water partition coefficient (Wildman–Crippen LogP) is 6.87. The van der Waals surface area contributed by atoms with E-state index >= 15 is 0 Å². The summed E-state index contributed by atoms with van der Waals surface area (Å²) in [5, 5.41) is 7.71. The van der Waals surface area contributed by atoms with Gasteiger partial charge in [0.05, 0.1) is 6.04 Å². The van der Waals surface area contributed by atoms with Gasteiger partial charge in [-0.3, -0.25) is 0 Å².